The van der Waals surface area contributed by atoms with Crippen molar-refractivity contribution in [2.24, 2.45) is 0 Å². The second-order valence-electron chi connectivity index (χ2n) is 4.34. The molecule has 2 aromatic rings. The van der Waals surface area contributed by atoms with Crippen molar-refractivity contribution in [3.8, 4) is 10.6 Å². The molecular weight excluding hydrogens is 293 g/mol. The van der Waals surface area contributed by atoms with E-state index in [0.717, 1.165) is 16.9 Å². The first kappa shape index (κ1) is 14.5. The quantitative estimate of drug-likeness (QED) is 0.906. The van der Waals surface area contributed by atoms with Gasteiger partial charge < -0.3 is 5.32 Å². The number of rotatable bonds is 4. The molecule has 2 aromatic heterocycles. The lowest BCUT2D eigenvalue weighted by molar-refractivity contribution is -0.141. The molecule has 2 nitrogen and oxygen atoms in total. The van der Waals surface area contributed by atoms with Crippen LogP contribution in [0.4, 0.5) is 13.2 Å². The minimum absolute atomic E-state index is 0.132. The summed E-state index contributed by atoms with van der Waals surface area (Å²) >= 11 is 2.54. The number of nitrogens with zero attached hydrogens (tertiary/aromatic N) is 1. The van der Waals surface area contributed by atoms with Gasteiger partial charge in [-0.25, -0.2) is 4.98 Å². The Kier molecular flexibility index (Phi) is 4.27. The number of halogens is 3. The lowest BCUT2D eigenvalue weighted by Crippen LogP contribution is -2.23. The van der Waals surface area contributed by atoms with Gasteiger partial charge in [0.1, 0.15) is 5.01 Å². The fraction of sp³-hybridized carbons (Fsp3) is 0.417. The van der Waals surface area contributed by atoms with Gasteiger partial charge in [-0.3, -0.25) is 0 Å². The van der Waals surface area contributed by atoms with Crippen LogP contribution in [0, 0.1) is 0 Å². The summed E-state index contributed by atoms with van der Waals surface area (Å²) in [6, 6.07) is 1.91. The highest BCUT2D eigenvalue weighted by Crippen LogP contribution is 2.38. The minimum Gasteiger partial charge on any atom is -0.310 e. The third-order valence-electron chi connectivity index (χ3n) is 2.40. The molecule has 19 heavy (non-hydrogen) atoms. The summed E-state index contributed by atoms with van der Waals surface area (Å²) in [7, 11) is 0. The number of thiazole rings is 1. The third kappa shape index (κ3) is 3.55. The standard InChI is InChI=1S/C12H13F3N2S2/c1-7(2)16-5-9-10(12(13,14)15)17-11(19-9)8-3-4-18-6-8/h3-4,6-7,16H,5H2,1-2H3. The highest BCUT2D eigenvalue weighted by Gasteiger charge is 2.37. The first-order valence-electron chi connectivity index (χ1n) is 5.70. The first-order chi connectivity index (χ1) is 8.88. The molecule has 1 N–H and O–H groups in total. The summed E-state index contributed by atoms with van der Waals surface area (Å²) in [5.74, 6) is 0. The number of alkyl halides is 3. The molecule has 0 aliphatic rings. The van der Waals surface area contributed by atoms with Gasteiger partial charge in [0.15, 0.2) is 5.69 Å². The van der Waals surface area contributed by atoms with Gasteiger partial charge in [-0.05, 0) is 11.4 Å². The molecule has 104 valence electrons. The monoisotopic (exact) mass is 306 g/mol. The van der Waals surface area contributed by atoms with E-state index >= 15 is 0 Å². The van der Waals surface area contributed by atoms with E-state index in [1.54, 1.807) is 11.4 Å². The fourth-order valence-electron chi connectivity index (χ4n) is 1.50. The molecule has 0 amide bonds. The molecule has 7 heteroatoms. The van der Waals surface area contributed by atoms with Crippen LogP contribution >= 0.6 is 22.7 Å². The molecule has 0 radical (unpaired) electrons. The number of thiophene rings is 1. The molecule has 0 unspecified atom stereocenters. The van der Waals surface area contributed by atoms with Gasteiger partial charge in [-0.2, -0.15) is 24.5 Å². The lowest BCUT2D eigenvalue weighted by atomic mass is 10.3. The van der Waals surface area contributed by atoms with Crippen molar-refractivity contribution in [1.82, 2.24) is 10.3 Å². The van der Waals surface area contributed by atoms with Crippen LogP contribution in [-0.2, 0) is 12.7 Å². The van der Waals surface area contributed by atoms with Crippen molar-refractivity contribution < 1.29 is 13.2 Å². The lowest BCUT2D eigenvalue weighted by Gasteiger charge is -2.09. The van der Waals surface area contributed by atoms with E-state index in [0.29, 0.717) is 5.01 Å². The zero-order chi connectivity index (χ0) is 14.0. The van der Waals surface area contributed by atoms with E-state index in [2.05, 4.69) is 10.3 Å². The number of nitrogens with one attached hydrogen (secondary N) is 1. The van der Waals surface area contributed by atoms with Crippen LogP contribution in [0.1, 0.15) is 24.4 Å². The number of hydrogen-bond acceptors (Lipinski definition) is 4. The Labute approximate surface area is 117 Å². The van der Waals surface area contributed by atoms with Gasteiger partial charge in [0.05, 0.1) is 4.88 Å². The van der Waals surface area contributed by atoms with Crippen LogP contribution in [0.3, 0.4) is 0 Å². The maximum Gasteiger partial charge on any atom is 0.434 e. The normalized spacial score (nSPS) is 12.3. The van der Waals surface area contributed by atoms with Crippen LogP contribution in [0.15, 0.2) is 16.8 Å². The summed E-state index contributed by atoms with van der Waals surface area (Å²) in [5.41, 5.74) is -0.0249. The second kappa shape index (κ2) is 5.60. The average Bonchev–Trinajstić information content (AvgIpc) is 2.94. The first-order valence-corrected chi connectivity index (χ1v) is 7.46. The van der Waals surface area contributed by atoms with Crippen LogP contribution in [-0.4, -0.2) is 11.0 Å². The molecule has 0 aromatic carbocycles. The second-order valence-corrected chi connectivity index (χ2v) is 6.20. The third-order valence-corrected chi connectivity index (χ3v) is 4.19. The van der Waals surface area contributed by atoms with Crippen molar-refractivity contribution in [2.75, 3.05) is 0 Å². The maximum absolute atomic E-state index is 12.9. The predicted octanol–water partition coefficient (Wildman–Crippen LogP) is 4.39. The Morgan fingerprint density at radius 3 is 2.63 bits per heavy atom. The van der Waals surface area contributed by atoms with E-state index in [4.69, 9.17) is 0 Å². The molecule has 0 fully saturated rings. The van der Waals surface area contributed by atoms with Crippen molar-refractivity contribution in [1.29, 1.82) is 0 Å². The van der Waals surface area contributed by atoms with Gasteiger partial charge in [0.2, 0.25) is 0 Å². The molecule has 0 saturated carbocycles. The van der Waals surface area contributed by atoms with Crippen LogP contribution in [0.5, 0.6) is 0 Å². The molecule has 0 atom stereocenters. The molecule has 2 rings (SSSR count). The van der Waals surface area contributed by atoms with Crippen molar-refractivity contribution in [2.45, 2.75) is 32.6 Å². The van der Waals surface area contributed by atoms with E-state index in [9.17, 15) is 13.2 Å². The molecular formula is C12H13F3N2S2. The fourth-order valence-corrected chi connectivity index (χ4v) is 3.24. The summed E-state index contributed by atoms with van der Waals surface area (Å²) in [6.07, 6.45) is -4.40. The van der Waals surface area contributed by atoms with E-state index < -0.39 is 11.9 Å². The Morgan fingerprint density at radius 2 is 2.11 bits per heavy atom. The van der Waals surface area contributed by atoms with Gasteiger partial charge in [-0.1, -0.05) is 13.8 Å². The molecule has 0 aliphatic heterocycles. The molecule has 2 heterocycles. The Hall–Kier alpha value is -0.920. The van der Waals surface area contributed by atoms with Crippen LogP contribution in [0.25, 0.3) is 10.6 Å². The van der Waals surface area contributed by atoms with E-state index in [-0.39, 0.29) is 17.5 Å². The van der Waals surface area contributed by atoms with Crippen LogP contribution in [0.2, 0.25) is 0 Å². The zero-order valence-electron chi connectivity index (χ0n) is 10.4. The van der Waals surface area contributed by atoms with Crippen molar-refractivity contribution >= 4 is 22.7 Å². The Bertz CT molecular complexity index is 530. The SMILES string of the molecule is CC(C)NCc1sc(-c2ccsc2)nc1C(F)(F)F. The Morgan fingerprint density at radius 1 is 1.37 bits per heavy atom. The number of hydrogen-bond donors (Lipinski definition) is 1. The Balaban J connectivity index is 2.34. The molecule has 0 aliphatic carbocycles. The van der Waals surface area contributed by atoms with Gasteiger partial charge in [0, 0.05) is 23.5 Å². The molecule has 0 bridgehead atoms. The van der Waals surface area contributed by atoms with Crippen LogP contribution < -0.4 is 5.32 Å². The minimum atomic E-state index is -4.40. The molecule has 0 saturated heterocycles. The smallest absolute Gasteiger partial charge is 0.310 e. The number of aromatic nitrogens is 1. The van der Waals surface area contributed by atoms with E-state index in [1.165, 1.54) is 11.3 Å². The zero-order valence-corrected chi connectivity index (χ0v) is 12.0. The summed E-state index contributed by atoms with van der Waals surface area (Å²) in [5, 5.41) is 7.06. The maximum atomic E-state index is 12.9. The highest BCUT2D eigenvalue weighted by molar-refractivity contribution is 7.15. The van der Waals surface area contributed by atoms with Gasteiger partial charge in [-0.15, -0.1) is 11.3 Å². The molecule has 0 spiro atoms. The average molecular weight is 306 g/mol. The van der Waals surface area contributed by atoms with E-state index in [1.807, 2.05) is 19.2 Å². The van der Waals surface area contributed by atoms with Gasteiger partial charge >= 0.3 is 6.18 Å². The summed E-state index contributed by atoms with van der Waals surface area (Å²) in [6.45, 7) is 3.98. The largest absolute Gasteiger partial charge is 0.434 e. The highest BCUT2D eigenvalue weighted by atomic mass is 32.1. The van der Waals surface area contributed by atoms with Crippen molar-refractivity contribution in [3.63, 3.8) is 0 Å². The predicted molar refractivity (Wildman–Crippen MR) is 72.4 cm³/mol. The summed E-state index contributed by atoms with van der Waals surface area (Å²) in [4.78, 5) is 4.00. The van der Waals surface area contributed by atoms with Crippen molar-refractivity contribution in [3.05, 3.63) is 27.4 Å². The van der Waals surface area contributed by atoms with Gasteiger partial charge in [0.25, 0.3) is 0 Å². The topological polar surface area (TPSA) is 24.9 Å². The summed E-state index contributed by atoms with van der Waals surface area (Å²) < 4.78 is 38.8.